The summed E-state index contributed by atoms with van der Waals surface area (Å²) in [6.07, 6.45) is 9.96. The van der Waals surface area contributed by atoms with E-state index in [0.717, 1.165) is 12.8 Å². The first-order valence-corrected chi connectivity index (χ1v) is 8.59. The van der Waals surface area contributed by atoms with Crippen LogP contribution in [0.15, 0.2) is 24.3 Å². The quantitative estimate of drug-likeness (QED) is 0.836. The van der Waals surface area contributed by atoms with E-state index < -0.39 is 0 Å². The van der Waals surface area contributed by atoms with Gasteiger partial charge in [-0.25, -0.2) is 0 Å². The molecular weight excluding hydrogens is 256 g/mol. The second-order valence-corrected chi connectivity index (χ2v) is 6.89. The summed E-state index contributed by atoms with van der Waals surface area (Å²) in [6.45, 7) is 2.20. The molecule has 2 heteroatoms. The number of aryl methyl sites for hydroxylation is 1. The highest BCUT2D eigenvalue weighted by Gasteiger charge is 2.38. The molecule has 1 aromatic rings. The minimum Gasteiger partial charge on any atom is -0.326 e. The second-order valence-electron chi connectivity index (χ2n) is 6.89. The molecular formula is C19H32N2. The Morgan fingerprint density at radius 3 is 2.00 bits per heavy atom. The topological polar surface area (TPSA) is 29.3 Å². The van der Waals surface area contributed by atoms with E-state index in [-0.39, 0.29) is 11.6 Å². The maximum atomic E-state index is 6.71. The van der Waals surface area contributed by atoms with Crippen LogP contribution < -0.4 is 5.73 Å². The Kier molecular flexibility index (Phi) is 5.83. The molecule has 2 rings (SSSR count). The summed E-state index contributed by atoms with van der Waals surface area (Å²) >= 11 is 0. The van der Waals surface area contributed by atoms with Crippen LogP contribution in [0.25, 0.3) is 0 Å². The minimum absolute atomic E-state index is 0.180. The SMILES string of the molecule is CCc1ccc(CC(N)C2(N(C)C)CCCCCC2)cc1. The number of rotatable bonds is 5. The monoisotopic (exact) mass is 288 g/mol. The summed E-state index contributed by atoms with van der Waals surface area (Å²) < 4.78 is 0. The maximum absolute atomic E-state index is 6.71. The highest BCUT2D eigenvalue weighted by molar-refractivity contribution is 5.24. The van der Waals surface area contributed by atoms with E-state index in [4.69, 9.17) is 5.73 Å². The molecule has 1 aliphatic carbocycles. The van der Waals surface area contributed by atoms with Gasteiger partial charge in [0.25, 0.3) is 0 Å². The molecule has 1 saturated carbocycles. The van der Waals surface area contributed by atoms with E-state index in [1.54, 1.807) is 0 Å². The maximum Gasteiger partial charge on any atom is 0.0357 e. The van der Waals surface area contributed by atoms with Gasteiger partial charge in [-0.1, -0.05) is 56.9 Å². The van der Waals surface area contributed by atoms with E-state index in [2.05, 4.69) is 50.2 Å². The highest BCUT2D eigenvalue weighted by Crippen LogP contribution is 2.34. The van der Waals surface area contributed by atoms with Crippen LogP contribution in [0.4, 0.5) is 0 Å². The van der Waals surface area contributed by atoms with E-state index in [9.17, 15) is 0 Å². The summed E-state index contributed by atoms with van der Waals surface area (Å²) in [5.41, 5.74) is 9.68. The fourth-order valence-electron chi connectivity index (χ4n) is 3.85. The van der Waals surface area contributed by atoms with E-state index in [1.807, 2.05) is 0 Å². The molecule has 0 aliphatic heterocycles. The van der Waals surface area contributed by atoms with Crippen LogP contribution in [0, 0.1) is 0 Å². The summed E-state index contributed by atoms with van der Waals surface area (Å²) in [5, 5.41) is 0. The number of benzene rings is 1. The van der Waals surface area contributed by atoms with Crippen LogP contribution in [0.3, 0.4) is 0 Å². The normalized spacial score (nSPS) is 20.2. The van der Waals surface area contributed by atoms with Crippen molar-refractivity contribution in [2.24, 2.45) is 5.73 Å². The van der Waals surface area contributed by atoms with Crippen LogP contribution in [-0.2, 0) is 12.8 Å². The highest BCUT2D eigenvalue weighted by atomic mass is 15.2. The van der Waals surface area contributed by atoms with Gasteiger partial charge in [0, 0.05) is 11.6 Å². The summed E-state index contributed by atoms with van der Waals surface area (Å²) in [7, 11) is 4.43. The molecule has 1 atom stereocenters. The molecule has 2 N–H and O–H groups in total. The Labute approximate surface area is 130 Å². The van der Waals surface area contributed by atoms with Crippen molar-refractivity contribution in [1.82, 2.24) is 4.90 Å². The van der Waals surface area contributed by atoms with Crippen molar-refractivity contribution in [2.75, 3.05) is 14.1 Å². The van der Waals surface area contributed by atoms with Crippen molar-refractivity contribution < 1.29 is 0 Å². The molecule has 0 bridgehead atoms. The van der Waals surface area contributed by atoms with Crippen LogP contribution in [0.2, 0.25) is 0 Å². The molecule has 0 saturated heterocycles. The minimum atomic E-state index is 0.180. The smallest absolute Gasteiger partial charge is 0.0357 e. The molecule has 0 amide bonds. The Morgan fingerprint density at radius 2 is 1.52 bits per heavy atom. The first-order chi connectivity index (χ1) is 10.1. The second kappa shape index (κ2) is 7.42. The van der Waals surface area contributed by atoms with Crippen molar-refractivity contribution in [3.05, 3.63) is 35.4 Å². The Bertz CT molecular complexity index is 414. The molecule has 0 heterocycles. The first kappa shape index (κ1) is 16.5. The largest absolute Gasteiger partial charge is 0.326 e. The van der Waals surface area contributed by atoms with Gasteiger partial charge in [-0.2, -0.15) is 0 Å². The number of nitrogens with two attached hydrogens (primary N) is 1. The van der Waals surface area contributed by atoms with Gasteiger partial charge in [-0.05, 0) is 50.9 Å². The van der Waals surface area contributed by atoms with Crippen LogP contribution in [0.5, 0.6) is 0 Å². The lowest BCUT2D eigenvalue weighted by atomic mass is 9.79. The van der Waals surface area contributed by atoms with Crippen molar-refractivity contribution in [1.29, 1.82) is 0 Å². The number of hydrogen-bond donors (Lipinski definition) is 1. The van der Waals surface area contributed by atoms with Gasteiger partial charge in [0.15, 0.2) is 0 Å². The molecule has 1 aromatic carbocycles. The van der Waals surface area contributed by atoms with Crippen molar-refractivity contribution >= 4 is 0 Å². The molecule has 1 fully saturated rings. The molecule has 0 aromatic heterocycles. The molecule has 1 aliphatic rings. The third-order valence-corrected chi connectivity index (χ3v) is 5.44. The average Bonchev–Trinajstić information content (AvgIpc) is 2.75. The third-order valence-electron chi connectivity index (χ3n) is 5.44. The molecule has 2 nitrogen and oxygen atoms in total. The molecule has 1 unspecified atom stereocenters. The van der Waals surface area contributed by atoms with Gasteiger partial charge >= 0.3 is 0 Å². The summed E-state index contributed by atoms with van der Waals surface area (Å²) in [4.78, 5) is 2.41. The fourth-order valence-corrected chi connectivity index (χ4v) is 3.85. The van der Waals surface area contributed by atoms with Gasteiger partial charge in [-0.15, -0.1) is 0 Å². The molecule has 0 spiro atoms. The van der Waals surface area contributed by atoms with Crippen molar-refractivity contribution in [3.8, 4) is 0 Å². The Hall–Kier alpha value is -0.860. The first-order valence-electron chi connectivity index (χ1n) is 8.59. The van der Waals surface area contributed by atoms with E-state index >= 15 is 0 Å². The number of hydrogen-bond acceptors (Lipinski definition) is 2. The van der Waals surface area contributed by atoms with Crippen molar-refractivity contribution in [3.63, 3.8) is 0 Å². The van der Waals surface area contributed by atoms with Gasteiger partial charge in [0.05, 0.1) is 0 Å². The van der Waals surface area contributed by atoms with Gasteiger partial charge < -0.3 is 10.6 Å². The van der Waals surface area contributed by atoms with Gasteiger partial charge in [0.1, 0.15) is 0 Å². The van der Waals surface area contributed by atoms with E-state index in [0.29, 0.717) is 0 Å². The Balaban J connectivity index is 2.11. The van der Waals surface area contributed by atoms with Crippen molar-refractivity contribution in [2.45, 2.75) is 69.9 Å². The molecule has 21 heavy (non-hydrogen) atoms. The lowest BCUT2D eigenvalue weighted by molar-refractivity contribution is 0.0968. The standard InChI is InChI=1S/C19H32N2/c1-4-16-9-11-17(12-10-16)15-18(20)19(21(2)3)13-7-5-6-8-14-19/h9-12,18H,4-8,13-15,20H2,1-3H3. The molecule has 118 valence electrons. The lowest BCUT2D eigenvalue weighted by Crippen LogP contribution is -2.58. The molecule has 0 radical (unpaired) electrons. The number of likely N-dealkylation sites (N-methyl/N-ethyl adjacent to an activating group) is 1. The zero-order chi connectivity index (χ0) is 15.3. The summed E-state index contributed by atoms with van der Waals surface area (Å²) in [5.74, 6) is 0. The zero-order valence-corrected chi connectivity index (χ0v) is 14.1. The predicted octanol–water partition coefficient (Wildman–Crippen LogP) is 3.77. The fraction of sp³-hybridized carbons (Fsp3) is 0.684. The van der Waals surface area contributed by atoms with Crippen LogP contribution >= 0.6 is 0 Å². The number of nitrogens with zero attached hydrogens (tertiary/aromatic N) is 1. The van der Waals surface area contributed by atoms with Gasteiger partial charge in [0.2, 0.25) is 0 Å². The predicted molar refractivity (Wildman–Crippen MR) is 91.6 cm³/mol. The van der Waals surface area contributed by atoms with E-state index in [1.165, 1.54) is 49.7 Å². The Morgan fingerprint density at radius 1 is 1.00 bits per heavy atom. The zero-order valence-electron chi connectivity index (χ0n) is 14.1. The van der Waals surface area contributed by atoms with Gasteiger partial charge in [-0.3, -0.25) is 0 Å². The summed E-state index contributed by atoms with van der Waals surface area (Å²) in [6, 6.07) is 9.24. The van der Waals surface area contributed by atoms with Crippen LogP contribution in [0.1, 0.15) is 56.6 Å². The third kappa shape index (κ3) is 3.87. The average molecular weight is 288 g/mol. The lowest BCUT2D eigenvalue weighted by Gasteiger charge is -2.44. The van der Waals surface area contributed by atoms with Crippen LogP contribution in [-0.4, -0.2) is 30.6 Å².